The van der Waals surface area contributed by atoms with E-state index in [0.29, 0.717) is 16.3 Å². The first-order valence-electron chi connectivity index (χ1n) is 6.40. The van der Waals surface area contributed by atoms with Gasteiger partial charge in [0.15, 0.2) is 0 Å². The zero-order chi connectivity index (χ0) is 15.4. The van der Waals surface area contributed by atoms with E-state index in [0.717, 1.165) is 11.3 Å². The van der Waals surface area contributed by atoms with Gasteiger partial charge in [-0.1, -0.05) is 0 Å². The fourth-order valence-corrected chi connectivity index (χ4v) is 1.97. The monoisotopic (exact) mass is 312 g/mol. The standard InChI is InChI=1S/C14H12N6OS/c1-21-11-4-2-10(3-5-11)8-17-20-13(18-19-14(20)22)12-9-15-6-7-16-12/h2-9H,1H3,(H,19,22)/b17-8+. The Labute approximate surface area is 131 Å². The molecule has 3 aromatic rings. The Balaban J connectivity index is 1.93. The molecule has 1 N–H and O–H groups in total. The van der Waals surface area contributed by atoms with Crippen molar-refractivity contribution in [3.05, 3.63) is 53.2 Å². The van der Waals surface area contributed by atoms with Crippen LogP contribution in [0.15, 0.2) is 48.0 Å². The largest absolute Gasteiger partial charge is 0.497 e. The van der Waals surface area contributed by atoms with Gasteiger partial charge in [0, 0.05) is 12.4 Å². The lowest BCUT2D eigenvalue weighted by molar-refractivity contribution is 0.415. The van der Waals surface area contributed by atoms with E-state index >= 15 is 0 Å². The van der Waals surface area contributed by atoms with Gasteiger partial charge in [-0.05, 0) is 42.0 Å². The molecule has 1 aromatic carbocycles. The molecule has 0 fully saturated rings. The molecule has 0 aliphatic heterocycles. The van der Waals surface area contributed by atoms with Crippen LogP contribution in [-0.4, -0.2) is 38.2 Å². The summed E-state index contributed by atoms with van der Waals surface area (Å²) in [4.78, 5) is 8.22. The Hall–Kier alpha value is -2.87. The number of methoxy groups -OCH3 is 1. The van der Waals surface area contributed by atoms with Crippen LogP contribution in [0, 0.1) is 4.77 Å². The number of nitrogens with one attached hydrogen (secondary N) is 1. The maximum absolute atomic E-state index is 5.19. The molecular formula is C14H12N6OS. The van der Waals surface area contributed by atoms with Crippen LogP contribution in [0.4, 0.5) is 0 Å². The highest BCUT2D eigenvalue weighted by Gasteiger charge is 2.09. The Kier molecular flexibility index (Phi) is 4.01. The third-order valence-corrected chi connectivity index (χ3v) is 3.15. The van der Waals surface area contributed by atoms with E-state index in [4.69, 9.17) is 17.0 Å². The van der Waals surface area contributed by atoms with Crippen LogP contribution in [0.1, 0.15) is 5.56 Å². The number of benzene rings is 1. The maximum Gasteiger partial charge on any atom is 0.216 e. The lowest BCUT2D eigenvalue weighted by Gasteiger charge is -2.00. The van der Waals surface area contributed by atoms with Crippen molar-refractivity contribution in [1.29, 1.82) is 0 Å². The summed E-state index contributed by atoms with van der Waals surface area (Å²) < 4.78 is 7.00. The highest BCUT2D eigenvalue weighted by Crippen LogP contribution is 2.13. The first kappa shape index (κ1) is 14.1. The maximum atomic E-state index is 5.19. The Bertz CT molecular complexity index is 838. The summed E-state index contributed by atoms with van der Waals surface area (Å²) >= 11 is 5.19. The van der Waals surface area contributed by atoms with E-state index < -0.39 is 0 Å². The number of aromatic nitrogens is 5. The van der Waals surface area contributed by atoms with Gasteiger partial charge in [-0.3, -0.25) is 4.98 Å². The second kappa shape index (κ2) is 6.27. The average molecular weight is 312 g/mol. The molecule has 110 valence electrons. The van der Waals surface area contributed by atoms with Crippen molar-refractivity contribution >= 4 is 18.4 Å². The summed E-state index contributed by atoms with van der Waals surface area (Å²) in [5.74, 6) is 1.29. The van der Waals surface area contributed by atoms with Crippen molar-refractivity contribution in [2.24, 2.45) is 5.10 Å². The smallest absolute Gasteiger partial charge is 0.216 e. The predicted octanol–water partition coefficient (Wildman–Crippen LogP) is 2.29. The van der Waals surface area contributed by atoms with Gasteiger partial charge in [0.2, 0.25) is 10.6 Å². The second-order valence-corrected chi connectivity index (χ2v) is 4.66. The normalized spacial score (nSPS) is 11.0. The van der Waals surface area contributed by atoms with E-state index in [9.17, 15) is 0 Å². The molecule has 0 unspecified atom stereocenters. The first-order valence-corrected chi connectivity index (χ1v) is 6.81. The van der Waals surface area contributed by atoms with E-state index in [1.165, 1.54) is 4.68 Å². The van der Waals surface area contributed by atoms with Gasteiger partial charge in [0.25, 0.3) is 0 Å². The number of ether oxygens (including phenoxy) is 1. The molecule has 3 rings (SSSR count). The van der Waals surface area contributed by atoms with Crippen LogP contribution in [0.25, 0.3) is 11.5 Å². The SMILES string of the molecule is COc1ccc(/C=N/n2c(-c3cnccn3)n[nH]c2=S)cc1. The molecule has 2 heterocycles. The molecule has 0 amide bonds. The number of hydrogen-bond donors (Lipinski definition) is 1. The van der Waals surface area contributed by atoms with Crippen molar-refractivity contribution in [3.8, 4) is 17.3 Å². The summed E-state index contributed by atoms with van der Waals surface area (Å²) in [6, 6.07) is 7.52. The van der Waals surface area contributed by atoms with E-state index in [1.54, 1.807) is 31.9 Å². The number of H-pyrrole nitrogens is 1. The Morgan fingerprint density at radius 2 is 2.09 bits per heavy atom. The molecular weight excluding hydrogens is 300 g/mol. The molecule has 0 saturated heterocycles. The van der Waals surface area contributed by atoms with Gasteiger partial charge in [-0.2, -0.15) is 14.9 Å². The van der Waals surface area contributed by atoms with Crippen molar-refractivity contribution in [1.82, 2.24) is 24.8 Å². The van der Waals surface area contributed by atoms with E-state index in [1.807, 2.05) is 24.3 Å². The Morgan fingerprint density at radius 3 is 2.77 bits per heavy atom. The van der Waals surface area contributed by atoms with Crippen molar-refractivity contribution in [2.45, 2.75) is 0 Å². The second-order valence-electron chi connectivity index (χ2n) is 4.27. The molecule has 0 aliphatic rings. The molecule has 0 saturated carbocycles. The third-order valence-electron chi connectivity index (χ3n) is 2.88. The fourth-order valence-electron chi connectivity index (χ4n) is 1.79. The van der Waals surface area contributed by atoms with Crippen LogP contribution in [0.3, 0.4) is 0 Å². The van der Waals surface area contributed by atoms with E-state index in [-0.39, 0.29) is 0 Å². The van der Waals surface area contributed by atoms with Gasteiger partial charge >= 0.3 is 0 Å². The first-order chi connectivity index (χ1) is 10.8. The molecule has 2 aromatic heterocycles. The summed E-state index contributed by atoms with van der Waals surface area (Å²) in [5, 5.41) is 11.2. The van der Waals surface area contributed by atoms with Crippen molar-refractivity contribution in [2.75, 3.05) is 7.11 Å². The zero-order valence-corrected chi connectivity index (χ0v) is 12.5. The van der Waals surface area contributed by atoms with Crippen LogP contribution >= 0.6 is 12.2 Å². The fraction of sp³-hybridized carbons (Fsp3) is 0.0714. The number of nitrogens with zero attached hydrogens (tertiary/aromatic N) is 5. The summed E-state index contributed by atoms with van der Waals surface area (Å²) in [5.41, 5.74) is 1.50. The molecule has 22 heavy (non-hydrogen) atoms. The van der Waals surface area contributed by atoms with Gasteiger partial charge < -0.3 is 4.74 Å². The molecule has 0 spiro atoms. The zero-order valence-electron chi connectivity index (χ0n) is 11.7. The minimum atomic E-state index is 0.380. The quantitative estimate of drug-likeness (QED) is 0.590. The van der Waals surface area contributed by atoms with Crippen molar-refractivity contribution < 1.29 is 4.74 Å². The molecule has 7 nitrogen and oxygen atoms in total. The number of hydrogen-bond acceptors (Lipinski definition) is 6. The lowest BCUT2D eigenvalue weighted by atomic mass is 10.2. The highest BCUT2D eigenvalue weighted by atomic mass is 32.1. The predicted molar refractivity (Wildman–Crippen MR) is 84.4 cm³/mol. The van der Waals surface area contributed by atoms with Crippen LogP contribution < -0.4 is 4.74 Å². The van der Waals surface area contributed by atoms with Crippen molar-refractivity contribution in [3.63, 3.8) is 0 Å². The summed E-state index contributed by atoms with van der Waals surface area (Å²) in [6.45, 7) is 0. The van der Waals surface area contributed by atoms with Crippen LogP contribution in [0.5, 0.6) is 5.75 Å². The van der Waals surface area contributed by atoms with Crippen LogP contribution in [0.2, 0.25) is 0 Å². The molecule has 8 heteroatoms. The molecule has 0 bridgehead atoms. The minimum Gasteiger partial charge on any atom is -0.497 e. The van der Waals surface area contributed by atoms with Gasteiger partial charge in [0.05, 0.1) is 19.5 Å². The van der Waals surface area contributed by atoms with Gasteiger partial charge in [0.1, 0.15) is 11.4 Å². The van der Waals surface area contributed by atoms with Gasteiger partial charge in [-0.15, -0.1) is 0 Å². The van der Waals surface area contributed by atoms with E-state index in [2.05, 4.69) is 25.3 Å². The highest BCUT2D eigenvalue weighted by molar-refractivity contribution is 7.71. The van der Waals surface area contributed by atoms with Gasteiger partial charge in [-0.25, -0.2) is 10.1 Å². The summed E-state index contributed by atoms with van der Waals surface area (Å²) in [6.07, 6.45) is 6.47. The molecule has 0 atom stereocenters. The average Bonchev–Trinajstić information content (AvgIpc) is 2.95. The molecule has 0 radical (unpaired) electrons. The minimum absolute atomic E-state index is 0.380. The summed E-state index contributed by atoms with van der Waals surface area (Å²) in [7, 11) is 1.63. The topological polar surface area (TPSA) is 81.0 Å². The Morgan fingerprint density at radius 1 is 1.27 bits per heavy atom. The number of aromatic amines is 1. The number of rotatable bonds is 4. The lowest BCUT2D eigenvalue weighted by Crippen LogP contribution is -1.97. The molecule has 0 aliphatic carbocycles. The third kappa shape index (κ3) is 2.91. The van der Waals surface area contributed by atoms with Crippen LogP contribution in [-0.2, 0) is 0 Å².